The molecule has 1 atom stereocenters. The lowest BCUT2D eigenvalue weighted by Crippen LogP contribution is -2.39. The number of allylic oxidation sites excluding steroid dienone is 3. The van der Waals surface area contributed by atoms with E-state index in [4.69, 9.17) is 9.47 Å². The number of hydrogen-bond donors (Lipinski definition) is 0. The highest BCUT2D eigenvalue weighted by Crippen LogP contribution is 2.35. The number of ether oxygens (including phenoxy) is 2. The number of benzene rings is 1. The van der Waals surface area contributed by atoms with Gasteiger partial charge in [0, 0.05) is 22.7 Å². The van der Waals surface area contributed by atoms with E-state index in [0.29, 0.717) is 5.76 Å². The van der Waals surface area contributed by atoms with Crippen LogP contribution in [0.1, 0.15) is 44.7 Å². The average molecular weight is 386 g/mol. The fourth-order valence-electron chi connectivity index (χ4n) is 2.99. The van der Waals surface area contributed by atoms with Crippen molar-refractivity contribution >= 4 is 22.4 Å². The van der Waals surface area contributed by atoms with Crippen LogP contribution in [-0.4, -0.2) is 31.2 Å². The van der Waals surface area contributed by atoms with E-state index in [9.17, 15) is 0 Å². The molecule has 0 bridgehead atoms. The lowest BCUT2D eigenvalue weighted by atomic mass is 10.1. The first kappa shape index (κ1) is 21.2. The molecule has 1 fully saturated rings. The third-order valence-corrected chi connectivity index (χ3v) is 5.75. The predicted octanol–water partition coefficient (Wildman–Crippen LogP) is 6.31. The second-order valence-electron chi connectivity index (χ2n) is 6.86. The largest absolute Gasteiger partial charge is 0.497 e. The number of likely N-dealkylation sites (tertiary alicyclic amines) is 1. The number of thioether (sulfide) groups is 1. The molecule has 1 unspecified atom stereocenters. The molecule has 0 aromatic heterocycles. The summed E-state index contributed by atoms with van der Waals surface area (Å²) in [6.07, 6.45) is 4.38. The first-order valence-electron chi connectivity index (χ1n) is 9.29. The molecule has 1 aliphatic rings. The fourth-order valence-corrected chi connectivity index (χ4v) is 3.73. The Morgan fingerprint density at radius 1 is 1.19 bits per heavy atom. The summed E-state index contributed by atoms with van der Waals surface area (Å²) in [6, 6.07) is 6.11. The number of piperidine rings is 1. The lowest BCUT2D eigenvalue weighted by Gasteiger charge is -2.34. The third-order valence-electron chi connectivity index (χ3n) is 4.71. The SMILES string of the molecule is C=C(OC)c1cc(OC2CCCN(C(=C)C)C2)cc(C(=C)S/C(C)=C\C)c1. The van der Waals surface area contributed by atoms with Gasteiger partial charge < -0.3 is 14.4 Å². The molecule has 3 nitrogen and oxygen atoms in total. The summed E-state index contributed by atoms with van der Waals surface area (Å²) >= 11 is 1.66. The molecular formula is C23H31NO2S. The van der Waals surface area contributed by atoms with Crippen molar-refractivity contribution in [1.82, 2.24) is 4.90 Å². The molecule has 4 heteroatoms. The van der Waals surface area contributed by atoms with Crippen molar-refractivity contribution in [1.29, 1.82) is 0 Å². The molecular weight excluding hydrogens is 354 g/mol. The van der Waals surface area contributed by atoms with Gasteiger partial charge in [-0.2, -0.15) is 0 Å². The highest BCUT2D eigenvalue weighted by Gasteiger charge is 2.21. The molecule has 1 aliphatic heterocycles. The van der Waals surface area contributed by atoms with Crippen molar-refractivity contribution in [3.63, 3.8) is 0 Å². The molecule has 1 heterocycles. The summed E-state index contributed by atoms with van der Waals surface area (Å²) in [5, 5.41) is 0. The minimum atomic E-state index is 0.146. The van der Waals surface area contributed by atoms with Crippen LogP contribution < -0.4 is 4.74 Å². The van der Waals surface area contributed by atoms with Gasteiger partial charge in [-0.25, -0.2) is 0 Å². The van der Waals surface area contributed by atoms with E-state index < -0.39 is 0 Å². The molecule has 0 spiro atoms. The van der Waals surface area contributed by atoms with Crippen LogP contribution >= 0.6 is 11.8 Å². The minimum Gasteiger partial charge on any atom is -0.497 e. The van der Waals surface area contributed by atoms with Crippen LogP contribution in [0.2, 0.25) is 0 Å². The maximum atomic E-state index is 6.35. The van der Waals surface area contributed by atoms with Gasteiger partial charge in [0.1, 0.15) is 17.6 Å². The Morgan fingerprint density at radius 3 is 2.52 bits per heavy atom. The van der Waals surface area contributed by atoms with Crippen LogP contribution in [0.5, 0.6) is 5.75 Å². The van der Waals surface area contributed by atoms with E-state index in [1.54, 1.807) is 18.9 Å². The van der Waals surface area contributed by atoms with Gasteiger partial charge in [0.05, 0.1) is 13.7 Å². The summed E-state index contributed by atoms with van der Waals surface area (Å²) < 4.78 is 11.7. The van der Waals surface area contributed by atoms with Crippen molar-refractivity contribution in [2.45, 2.75) is 39.7 Å². The molecule has 2 rings (SSSR count). The summed E-state index contributed by atoms with van der Waals surface area (Å²) in [6.45, 7) is 20.4. The van der Waals surface area contributed by atoms with E-state index >= 15 is 0 Å². The Labute approximate surface area is 168 Å². The van der Waals surface area contributed by atoms with Gasteiger partial charge in [-0.3, -0.25) is 0 Å². The Morgan fingerprint density at radius 2 is 1.89 bits per heavy atom. The second-order valence-corrected chi connectivity index (χ2v) is 8.20. The number of methoxy groups -OCH3 is 1. The van der Waals surface area contributed by atoms with Gasteiger partial charge in [-0.05, 0) is 62.3 Å². The van der Waals surface area contributed by atoms with Crippen molar-refractivity contribution < 1.29 is 9.47 Å². The first-order valence-corrected chi connectivity index (χ1v) is 10.1. The normalized spacial score (nSPS) is 17.4. The van der Waals surface area contributed by atoms with Gasteiger partial charge in [-0.15, -0.1) is 0 Å². The van der Waals surface area contributed by atoms with Crippen molar-refractivity contribution in [3.8, 4) is 5.75 Å². The van der Waals surface area contributed by atoms with E-state index in [0.717, 1.165) is 53.4 Å². The molecule has 0 saturated carbocycles. The number of hydrogen-bond acceptors (Lipinski definition) is 4. The van der Waals surface area contributed by atoms with Crippen molar-refractivity contribution in [2.24, 2.45) is 0 Å². The molecule has 0 N–H and O–H groups in total. The summed E-state index contributed by atoms with van der Waals surface area (Å²) in [7, 11) is 1.63. The molecule has 1 aromatic rings. The molecule has 1 saturated heterocycles. The van der Waals surface area contributed by atoms with Gasteiger partial charge in [-0.1, -0.05) is 37.6 Å². The van der Waals surface area contributed by atoms with Gasteiger partial charge in [0.2, 0.25) is 0 Å². The monoisotopic (exact) mass is 385 g/mol. The highest BCUT2D eigenvalue weighted by molar-refractivity contribution is 8.11. The third kappa shape index (κ3) is 5.96. The van der Waals surface area contributed by atoms with Crippen LogP contribution in [0.25, 0.3) is 10.7 Å². The van der Waals surface area contributed by atoms with Gasteiger partial charge >= 0.3 is 0 Å². The smallest absolute Gasteiger partial charge is 0.121 e. The Balaban J connectivity index is 2.26. The van der Waals surface area contributed by atoms with Crippen LogP contribution in [0.4, 0.5) is 0 Å². The highest BCUT2D eigenvalue weighted by atomic mass is 32.2. The van der Waals surface area contributed by atoms with Crippen LogP contribution in [-0.2, 0) is 4.74 Å². The minimum absolute atomic E-state index is 0.146. The zero-order valence-electron chi connectivity index (χ0n) is 17.0. The predicted molar refractivity (Wildman–Crippen MR) is 119 cm³/mol. The van der Waals surface area contributed by atoms with Gasteiger partial charge in [0.25, 0.3) is 0 Å². The summed E-state index contributed by atoms with van der Waals surface area (Å²) in [5.74, 6) is 1.45. The standard InChI is InChI=1S/C23H31NO2S/c1-8-17(4)27-19(6)21-12-20(18(5)25-7)13-23(14-21)26-22-10-9-11-24(15-22)16(2)3/h8,12-14,22H,2,5-6,9-11,15H2,1,3-4,7H3/b17-8-. The Hall–Kier alpha value is -2.07. The molecule has 0 radical (unpaired) electrons. The van der Waals surface area contributed by atoms with Crippen molar-refractivity contribution in [3.05, 3.63) is 65.7 Å². The van der Waals surface area contributed by atoms with Crippen LogP contribution in [0, 0.1) is 0 Å². The molecule has 146 valence electrons. The Bertz CT molecular complexity index is 751. The zero-order chi connectivity index (χ0) is 20.0. The zero-order valence-corrected chi connectivity index (χ0v) is 17.8. The van der Waals surface area contributed by atoms with E-state index in [-0.39, 0.29) is 6.10 Å². The van der Waals surface area contributed by atoms with Crippen LogP contribution in [0.3, 0.4) is 0 Å². The number of rotatable bonds is 8. The molecule has 0 aliphatic carbocycles. The quantitative estimate of drug-likeness (QED) is 0.489. The topological polar surface area (TPSA) is 21.7 Å². The molecule has 27 heavy (non-hydrogen) atoms. The Kier molecular flexibility index (Phi) is 7.66. The van der Waals surface area contributed by atoms with E-state index in [1.165, 1.54) is 4.91 Å². The van der Waals surface area contributed by atoms with Crippen LogP contribution in [0.15, 0.2) is 54.6 Å². The molecule has 1 aromatic carbocycles. The fraction of sp³-hybridized carbons (Fsp3) is 0.391. The van der Waals surface area contributed by atoms with E-state index in [2.05, 4.69) is 56.7 Å². The average Bonchev–Trinajstić information content (AvgIpc) is 2.67. The maximum absolute atomic E-state index is 6.35. The lowest BCUT2D eigenvalue weighted by molar-refractivity contribution is 0.108. The van der Waals surface area contributed by atoms with Gasteiger partial charge in [0.15, 0.2) is 0 Å². The summed E-state index contributed by atoms with van der Waals surface area (Å²) in [5.41, 5.74) is 3.04. The number of nitrogens with zero attached hydrogens (tertiary/aromatic N) is 1. The first-order chi connectivity index (χ1) is 12.8. The van der Waals surface area contributed by atoms with E-state index in [1.807, 2.05) is 13.0 Å². The summed E-state index contributed by atoms with van der Waals surface area (Å²) in [4.78, 5) is 4.48. The molecule has 0 amide bonds. The maximum Gasteiger partial charge on any atom is 0.121 e. The second kappa shape index (κ2) is 9.75. The van der Waals surface area contributed by atoms with Crippen molar-refractivity contribution in [2.75, 3.05) is 20.2 Å².